The summed E-state index contributed by atoms with van der Waals surface area (Å²) in [5.74, 6) is 0. The molecule has 0 amide bonds. The first-order valence-electron chi connectivity index (χ1n) is 6.57. The van der Waals surface area contributed by atoms with Gasteiger partial charge >= 0.3 is 0 Å². The van der Waals surface area contributed by atoms with Gasteiger partial charge in [0.25, 0.3) is 5.69 Å². The Bertz CT molecular complexity index is 723. The molecule has 0 heterocycles. The number of hydrogen-bond donors (Lipinski definition) is 0. The van der Waals surface area contributed by atoms with Crippen molar-refractivity contribution in [2.24, 2.45) is 0 Å². The molecule has 0 bridgehead atoms. The van der Waals surface area contributed by atoms with E-state index < -0.39 is 4.92 Å². The molecule has 2 aromatic rings. The monoisotopic (exact) mass is 313 g/mol. The third-order valence-electron chi connectivity index (χ3n) is 3.29. The van der Waals surface area contributed by atoms with Crippen molar-refractivity contribution in [3.05, 3.63) is 63.7 Å². The molecule has 0 spiro atoms. The molecule has 0 radical (unpaired) electrons. The van der Waals surface area contributed by atoms with Gasteiger partial charge in [-0.3, -0.25) is 10.1 Å². The van der Waals surface area contributed by atoms with Crippen molar-refractivity contribution in [2.45, 2.75) is 11.4 Å². The van der Waals surface area contributed by atoms with Crippen LogP contribution in [0.2, 0.25) is 0 Å². The first-order valence-corrected chi connectivity index (χ1v) is 7.80. The van der Waals surface area contributed by atoms with Gasteiger partial charge in [0.1, 0.15) is 5.69 Å². The van der Waals surface area contributed by atoms with Crippen molar-refractivity contribution in [1.29, 1.82) is 5.26 Å². The summed E-state index contributed by atoms with van der Waals surface area (Å²) in [5, 5.41) is 20.1. The summed E-state index contributed by atoms with van der Waals surface area (Å²) in [6, 6.07) is 14.5. The Kier molecular flexibility index (Phi) is 5.02. The van der Waals surface area contributed by atoms with E-state index in [2.05, 4.69) is 0 Å². The Balaban J connectivity index is 2.29. The lowest BCUT2D eigenvalue weighted by Gasteiger charge is -2.19. The van der Waals surface area contributed by atoms with Crippen molar-refractivity contribution in [2.75, 3.05) is 18.2 Å². The maximum Gasteiger partial charge on any atom is 0.292 e. The van der Waals surface area contributed by atoms with Crippen molar-refractivity contribution in [3.63, 3.8) is 0 Å². The SMILES string of the molecule is CSc1ccc(CN(C)c2cc(C#N)ccc2[N+](=O)[O-])cc1. The molecule has 112 valence electrons. The van der Waals surface area contributed by atoms with Gasteiger partial charge in [-0.25, -0.2) is 0 Å². The highest BCUT2D eigenvalue weighted by Crippen LogP contribution is 2.29. The summed E-state index contributed by atoms with van der Waals surface area (Å²) in [5.41, 5.74) is 1.90. The van der Waals surface area contributed by atoms with E-state index in [0.29, 0.717) is 17.8 Å². The van der Waals surface area contributed by atoms with Crippen molar-refractivity contribution >= 4 is 23.1 Å². The van der Waals surface area contributed by atoms with Crippen LogP contribution in [0.5, 0.6) is 0 Å². The number of nitrogens with zero attached hydrogens (tertiary/aromatic N) is 3. The molecule has 5 nitrogen and oxygen atoms in total. The van der Waals surface area contributed by atoms with Gasteiger partial charge in [-0.15, -0.1) is 11.8 Å². The van der Waals surface area contributed by atoms with E-state index in [1.807, 2.05) is 36.6 Å². The lowest BCUT2D eigenvalue weighted by Crippen LogP contribution is -2.17. The summed E-state index contributed by atoms with van der Waals surface area (Å²) >= 11 is 1.67. The number of nitro benzene ring substituents is 1. The van der Waals surface area contributed by atoms with Crippen LogP contribution < -0.4 is 4.90 Å². The first kappa shape index (κ1) is 15.9. The number of thioether (sulfide) groups is 1. The second-order valence-electron chi connectivity index (χ2n) is 4.78. The summed E-state index contributed by atoms with van der Waals surface area (Å²) < 4.78 is 0. The van der Waals surface area contributed by atoms with E-state index in [9.17, 15) is 10.1 Å². The molecule has 0 aliphatic rings. The number of nitriles is 1. The van der Waals surface area contributed by atoms with Crippen LogP contribution in [-0.4, -0.2) is 18.2 Å². The fourth-order valence-corrected chi connectivity index (χ4v) is 2.55. The fourth-order valence-electron chi connectivity index (χ4n) is 2.14. The molecule has 0 aliphatic carbocycles. The van der Waals surface area contributed by atoms with Gasteiger partial charge < -0.3 is 4.90 Å². The summed E-state index contributed by atoms with van der Waals surface area (Å²) in [7, 11) is 1.78. The maximum absolute atomic E-state index is 11.2. The van der Waals surface area contributed by atoms with E-state index in [1.165, 1.54) is 17.0 Å². The molecular formula is C16H15N3O2S. The zero-order valence-corrected chi connectivity index (χ0v) is 13.1. The summed E-state index contributed by atoms with van der Waals surface area (Å²) in [6.07, 6.45) is 2.01. The van der Waals surface area contributed by atoms with E-state index in [-0.39, 0.29) is 5.69 Å². The standard InChI is InChI=1S/C16H15N3O2S/c1-18(11-12-3-6-14(22-2)7-4-12)16-9-13(10-17)5-8-15(16)19(20)21/h3-9H,11H2,1-2H3. The number of hydrogen-bond acceptors (Lipinski definition) is 5. The van der Waals surface area contributed by atoms with Gasteiger partial charge in [-0.2, -0.15) is 5.26 Å². The average molecular weight is 313 g/mol. The maximum atomic E-state index is 11.2. The molecule has 2 aromatic carbocycles. The normalized spacial score (nSPS) is 10.0. The minimum Gasteiger partial charge on any atom is -0.365 e. The Labute approximate surface area is 133 Å². The highest BCUT2D eigenvalue weighted by atomic mass is 32.2. The van der Waals surface area contributed by atoms with Crippen LogP contribution in [0.3, 0.4) is 0 Å². The van der Waals surface area contributed by atoms with Gasteiger partial charge in [0.05, 0.1) is 16.6 Å². The summed E-state index contributed by atoms with van der Waals surface area (Å²) in [4.78, 5) is 13.7. The molecule has 0 N–H and O–H groups in total. The van der Waals surface area contributed by atoms with Crippen LogP contribution in [0.4, 0.5) is 11.4 Å². The quantitative estimate of drug-likeness (QED) is 0.477. The van der Waals surface area contributed by atoms with Crippen LogP contribution in [0, 0.1) is 21.4 Å². The van der Waals surface area contributed by atoms with Gasteiger partial charge in [-0.05, 0) is 36.1 Å². The van der Waals surface area contributed by atoms with Gasteiger partial charge in [-0.1, -0.05) is 12.1 Å². The van der Waals surface area contributed by atoms with Crippen molar-refractivity contribution < 1.29 is 4.92 Å². The van der Waals surface area contributed by atoms with Crippen molar-refractivity contribution in [1.82, 2.24) is 0 Å². The minimum atomic E-state index is -0.427. The highest BCUT2D eigenvalue weighted by molar-refractivity contribution is 7.98. The summed E-state index contributed by atoms with van der Waals surface area (Å²) in [6.45, 7) is 0.532. The third-order valence-corrected chi connectivity index (χ3v) is 4.03. The Morgan fingerprint density at radius 2 is 1.95 bits per heavy atom. The predicted molar refractivity (Wildman–Crippen MR) is 88.1 cm³/mol. The molecule has 0 saturated heterocycles. The van der Waals surface area contributed by atoms with E-state index in [1.54, 1.807) is 29.8 Å². The number of anilines is 1. The Morgan fingerprint density at radius 3 is 2.50 bits per heavy atom. The molecule has 0 aromatic heterocycles. The number of benzene rings is 2. The zero-order chi connectivity index (χ0) is 16.1. The number of rotatable bonds is 5. The van der Waals surface area contributed by atoms with E-state index in [4.69, 9.17) is 5.26 Å². The van der Waals surface area contributed by atoms with Crippen LogP contribution in [0.1, 0.15) is 11.1 Å². The molecule has 6 heteroatoms. The third kappa shape index (κ3) is 3.57. The molecular weight excluding hydrogens is 298 g/mol. The second-order valence-corrected chi connectivity index (χ2v) is 5.66. The molecule has 0 unspecified atom stereocenters. The van der Waals surface area contributed by atoms with Crippen molar-refractivity contribution in [3.8, 4) is 6.07 Å². The van der Waals surface area contributed by atoms with E-state index >= 15 is 0 Å². The van der Waals surface area contributed by atoms with Gasteiger partial charge in [0, 0.05) is 24.6 Å². The van der Waals surface area contributed by atoms with Crippen LogP contribution in [0.15, 0.2) is 47.4 Å². The Hall–Kier alpha value is -2.52. The lowest BCUT2D eigenvalue weighted by atomic mass is 10.1. The van der Waals surface area contributed by atoms with Gasteiger partial charge in [0.2, 0.25) is 0 Å². The largest absolute Gasteiger partial charge is 0.365 e. The molecule has 0 atom stereocenters. The minimum absolute atomic E-state index is 0.00207. The topological polar surface area (TPSA) is 70.2 Å². The fraction of sp³-hybridized carbons (Fsp3) is 0.188. The molecule has 22 heavy (non-hydrogen) atoms. The molecule has 0 fully saturated rings. The van der Waals surface area contributed by atoms with Crippen LogP contribution in [-0.2, 0) is 6.54 Å². The van der Waals surface area contributed by atoms with Crippen LogP contribution >= 0.6 is 11.8 Å². The van der Waals surface area contributed by atoms with E-state index in [0.717, 1.165) is 5.56 Å². The zero-order valence-electron chi connectivity index (χ0n) is 12.3. The Morgan fingerprint density at radius 1 is 1.27 bits per heavy atom. The smallest absolute Gasteiger partial charge is 0.292 e. The molecule has 2 rings (SSSR count). The molecule has 0 aliphatic heterocycles. The number of nitro groups is 1. The van der Waals surface area contributed by atoms with Crippen LogP contribution in [0.25, 0.3) is 0 Å². The lowest BCUT2D eigenvalue weighted by molar-refractivity contribution is -0.384. The average Bonchev–Trinajstić information content (AvgIpc) is 2.54. The van der Waals surface area contributed by atoms with Gasteiger partial charge in [0.15, 0.2) is 0 Å². The second kappa shape index (κ2) is 6.96. The molecule has 0 saturated carbocycles. The predicted octanol–water partition coefficient (Wildman–Crippen LogP) is 3.82. The first-order chi connectivity index (χ1) is 10.5. The highest BCUT2D eigenvalue weighted by Gasteiger charge is 2.18.